The van der Waals surface area contributed by atoms with Crippen LogP contribution in [0.2, 0.25) is 0 Å². The van der Waals surface area contributed by atoms with Crippen LogP contribution in [0.15, 0.2) is 36.7 Å². The Balaban J connectivity index is 1.95. The molecular formula is C17H21N5O. The second kappa shape index (κ2) is 6.97. The molecule has 23 heavy (non-hydrogen) atoms. The van der Waals surface area contributed by atoms with Crippen LogP contribution in [0.5, 0.6) is 0 Å². The molecule has 2 amide bonds. The van der Waals surface area contributed by atoms with Crippen LogP contribution in [-0.4, -0.2) is 22.1 Å². The van der Waals surface area contributed by atoms with Gasteiger partial charge in [-0.1, -0.05) is 6.07 Å². The van der Waals surface area contributed by atoms with Gasteiger partial charge in [0.25, 0.3) is 0 Å². The first-order valence-electron chi connectivity index (χ1n) is 7.48. The predicted molar refractivity (Wildman–Crippen MR) is 89.1 cm³/mol. The molecule has 0 aliphatic carbocycles. The zero-order chi connectivity index (χ0) is 16.9. The smallest absolute Gasteiger partial charge is 0.320 e. The second-order valence-electron chi connectivity index (χ2n) is 6.22. The Morgan fingerprint density at radius 3 is 2.78 bits per heavy atom. The van der Waals surface area contributed by atoms with Gasteiger partial charge >= 0.3 is 6.03 Å². The lowest BCUT2D eigenvalue weighted by atomic mass is 10.1. The number of hydrogen-bond donors (Lipinski definition) is 2. The lowest BCUT2D eigenvalue weighted by molar-refractivity contribution is 0.252. The SMILES string of the molecule is CC(C)(C)n1cc(C#N)cc1NC(=O)NCCc1ccccn1. The molecule has 0 saturated heterocycles. The highest BCUT2D eigenvalue weighted by atomic mass is 16.2. The van der Waals surface area contributed by atoms with Crippen LogP contribution >= 0.6 is 0 Å². The lowest BCUT2D eigenvalue weighted by Gasteiger charge is -2.24. The number of nitrogens with one attached hydrogen (secondary N) is 2. The molecule has 2 heterocycles. The summed E-state index contributed by atoms with van der Waals surface area (Å²) in [5.41, 5.74) is 1.22. The summed E-state index contributed by atoms with van der Waals surface area (Å²) in [5.74, 6) is 0.601. The van der Waals surface area contributed by atoms with Gasteiger partial charge in [0.15, 0.2) is 0 Å². The van der Waals surface area contributed by atoms with E-state index in [9.17, 15) is 4.79 Å². The fourth-order valence-corrected chi connectivity index (χ4v) is 2.19. The Morgan fingerprint density at radius 1 is 1.39 bits per heavy atom. The molecule has 120 valence electrons. The van der Waals surface area contributed by atoms with Gasteiger partial charge in [0.05, 0.1) is 5.56 Å². The van der Waals surface area contributed by atoms with Crippen LogP contribution < -0.4 is 10.6 Å². The number of carbonyl (C=O) groups excluding carboxylic acids is 1. The molecule has 0 fully saturated rings. The minimum absolute atomic E-state index is 0.230. The maximum Gasteiger partial charge on any atom is 0.320 e. The van der Waals surface area contributed by atoms with Crippen molar-refractivity contribution >= 4 is 11.8 Å². The van der Waals surface area contributed by atoms with E-state index in [1.54, 1.807) is 18.5 Å². The largest absolute Gasteiger partial charge is 0.337 e. The molecule has 0 unspecified atom stereocenters. The highest BCUT2D eigenvalue weighted by Gasteiger charge is 2.19. The molecule has 6 heteroatoms. The summed E-state index contributed by atoms with van der Waals surface area (Å²) in [6.07, 6.45) is 4.14. The van der Waals surface area contributed by atoms with E-state index in [1.165, 1.54) is 0 Å². The average Bonchev–Trinajstić information content (AvgIpc) is 2.91. The van der Waals surface area contributed by atoms with Crippen LogP contribution in [-0.2, 0) is 12.0 Å². The molecule has 2 rings (SSSR count). The second-order valence-corrected chi connectivity index (χ2v) is 6.22. The minimum Gasteiger partial charge on any atom is -0.337 e. The number of nitrogens with zero attached hydrogens (tertiary/aromatic N) is 3. The van der Waals surface area contributed by atoms with E-state index >= 15 is 0 Å². The summed E-state index contributed by atoms with van der Waals surface area (Å²) < 4.78 is 1.88. The Morgan fingerprint density at radius 2 is 2.17 bits per heavy atom. The fourth-order valence-electron chi connectivity index (χ4n) is 2.19. The van der Waals surface area contributed by atoms with Gasteiger partial charge in [-0.15, -0.1) is 0 Å². The highest BCUT2D eigenvalue weighted by molar-refractivity contribution is 5.88. The van der Waals surface area contributed by atoms with Gasteiger partial charge in [-0.2, -0.15) is 5.26 Å². The molecule has 0 atom stereocenters. The number of nitriles is 1. The highest BCUT2D eigenvalue weighted by Crippen LogP contribution is 2.23. The van der Waals surface area contributed by atoms with Gasteiger partial charge in [0.1, 0.15) is 11.9 Å². The minimum atomic E-state index is -0.297. The summed E-state index contributed by atoms with van der Waals surface area (Å²) in [5, 5.41) is 14.6. The normalized spacial score (nSPS) is 10.9. The van der Waals surface area contributed by atoms with Gasteiger partial charge in [0, 0.05) is 36.6 Å². The van der Waals surface area contributed by atoms with Gasteiger partial charge in [-0.3, -0.25) is 10.3 Å². The van der Waals surface area contributed by atoms with Crippen molar-refractivity contribution in [1.82, 2.24) is 14.9 Å². The number of anilines is 1. The summed E-state index contributed by atoms with van der Waals surface area (Å²) in [4.78, 5) is 16.2. The van der Waals surface area contributed by atoms with Crippen LogP contribution in [0.25, 0.3) is 0 Å². The van der Waals surface area contributed by atoms with Crippen molar-refractivity contribution in [2.75, 3.05) is 11.9 Å². The standard InChI is InChI=1S/C17H21N5O/c1-17(2,3)22-12-13(11-18)10-15(22)21-16(23)20-9-7-14-6-4-5-8-19-14/h4-6,8,10,12H,7,9H2,1-3H3,(H2,20,21,23). The lowest BCUT2D eigenvalue weighted by Crippen LogP contribution is -2.33. The summed E-state index contributed by atoms with van der Waals surface area (Å²) in [6, 6.07) is 9.17. The van der Waals surface area contributed by atoms with E-state index in [1.807, 2.05) is 43.5 Å². The maximum absolute atomic E-state index is 12.0. The predicted octanol–water partition coefficient (Wildman–Crippen LogP) is 2.87. The van der Waals surface area contributed by atoms with Gasteiger partial charge < -0.3 is 9.88 Å². The molecule has 0 radical (unpaired) electrons. The summed E-state index contributed by atoms with van der Waals surface area (Å²) in [6.45, 7) is 6.53. The third-order valence-corrected chi connectivity index (χ3v) is 3.31. The van der Waals surface area contributed by atoms with Gasteiger partial charge in [-0.25, -0.2) is 4.79 Å². The molecule has 0 spiro atoms. The zero-order valence-electron chi connectivity index (χ0n) is 13.6. The number of pyridine rings is 1. The van der Waals surface area contributed by atoms with E-state index in [0.717, 1.165) is 5.69 Å². The van der Waals surface area contributed by atoms with E-state index in [-0.39, 0.29) is 11.6 Å². The third-order valence-electron chi connectivity index (χ3n) is 3.31. The first kappa shape index (κ1) is 16.6. The number of amides is 2. The number of carbonyl (C=O) groups is 1. The summed E-state index contributed by atoms with van der Waals surface area (Å²) >= 11 is 0. The Hall–Kier alpha value is -2.81. The Kier molecular flexibility index (Phi) is 5.02. The zero-order valence-corrected chi connectivity index (χ0v) is 13.6. The van der Waals surface area contributed by atoms with Gasteiger partial charge in [-0.05, 0) is 39.0 Å². The molecule has 0 bridgehead atoms. The van der Waals surface area contributed by atoms with Crippen molar-refractivity contribution in [3.63, 3.8) is 0 Å². The van der Waals surface area contributed by atoms with Crippen molar-refractivity contribution in [3.05, 3.63) is 47.9 Å². The molecule has 2 aromatic rings. The number of aromatic nitrogens is 2. The van der Waals surface area contributed by atoms with E-state index in [2.05, 4.69) is 21.7 Å². The van der Waals surface area contributed by atoms with E-state index in [4.69, 9.17) is 5.26 Å². The van der Waals surface area contributed by atoms with Gasteiger partial charge in [0.2, 0.25) is 0 Å². The molecule has 0 saturated carbocycles. The monoisotopic (exact) mass is 311 g/mol. The van der Waals surface area contributed by atoms with Crippen molar-refractivity contribution in [2.24, 2.45) is 0 Å². The van der Waals surface area contributed by atoms with Crippen molar-refractivity contribution in [3.8, 4) is 6.07 Å². The molecule has 0 aromatic carbocycles. The van der Waals surface area contributed by atoms with Crippen LogP contribution in [0, 0.1) is 11.3 Å². The van der Waals surface area contributed by atoms with Crippen LogP contribution in [0.1, 0.15) is 32.0 Å². The molecule has 2 N–H and O–H groups in total. The Bertz CT molecular complexity index is 707. The van der Waals surface area contributed by atoms with Crippen LogP contribution in [0.3, 0.4) is 0 Å². The first-order chi connectivity index (χ1) is 10.9. The quantitative estimate of drug-likeness (QED) is 0.910. The summed E-state index contributed by atoms with van der Waals surface area (Å²) in [7, 11) is 0. The Labute approximate surface area is 136 Å². The topological polar surface area (TPSA) is 82.7 Å². The number of urea groups is 1. The first-order valence-corrected chi connectivity index (χ1v) is 7.48. The molecule has 2 aromatic heterocycles. The third kappa shape index (κ3) is 4.58. The van der Waals surface area contributed by atoms with Crippen molar-refractivity contribution in [1.29, 1.82) is 5.26 Å². The average molecular weight is 311 g/mol. The van der Waals surface area contributed by atoms with Crippen molar-refractivity contribution < 1.29 is 4.79 Å². The number of rotatable bonds is 4. The molecule has 0 aliphatic rings. The van der Waals surface area contributed by atoms with Crippen LogP contribution in [0.4, 0.5) is 10.6 Å². The van der Waals surface area contributed by atoms with E-state index < -0.39 is 0 Å². The maximum atomic E-state index is 12.0. The number of hydrogen-bond acceptors (Lipinski definition) is 3. The molecule has 6 nitrogen and oxygen atoms in total. The molecule has 0 aliphatic heterocycles. The molecular weight excluding hydrogens is 290 g/mol. The van der Waals surface area contributed by atoms with Crippen molar-refractivity contribution in [2.45, 2.75) is 32.7 Å². The van der Waals surface area contributed by atoms with E-state index in [0.29, 0.717) is 24.3 Å². The fraction of sp³-hybridized carbons (Fsp3) is 0.353.